The van der Waals surface area contributed by atoms with Crippen LogP contribution in [0.3, 0.4) is 0 Å². The molecule has 0 saturated heterocycles. The van der Waals surface area contributed by atoms with Crippen molar-refractivity contribution in [1.82, 2.24) is 9.55 Å². The van der Waals surface area contributed by atoms with E-state index in [0.29, 0.717) is 11.0 Å². The maximum Gasteiger partial charge on any atom is 0.291 e. The number of fused-ring (bicyclic) bond motifs is 1. The number of para-hydroxylation sites is 3. The summed E-state index contributed by atoms with van der Waals surface area (Å²) in [4.78, 5) is 16.3. The van der Waals surface area contributed by atoms with E-state index in [0.717, 1.165) is 0 Å². The molecule has 24 heavy (non-hydrogen) atoms. The van der Waals surface area contributed by atoms with Crippen LogP contribution in [0.25, 0.3) is 11.0 Å². The Labute approximate surface area is 139 Å². The molecule has 3 aromatic rings. The first-order valence-electron chi connectivity index (χ1n) is 6.99. The molecule has 0 aliphatic rings. The number of nitrogens with zero attached hydrogens (tertiary/aromatic N) is 2. The van der Waals surface area contributed by atoms with E-state index in [1.165, 1.54) is 22.8 Å². The van der Waals surface area contributed by atoms with E-state index >= 15 is 0 Å². The number of imidazole rings is 1. The van der Waals surface area contributed by atoms with Crippen LogP contribution in [0.15, 0.2) is 53.7 Å². The second-order valence-electron chi connectivity index (χ2n) is 4.88. The average Bonchev–Trinajstić information content (AvgIpc) is 2.86. The fourth-order valence-electron chi connectivity index (χ4n) is 2.27. The summed E-state index contributed by atoms with van der Waals surface area (Å²) in [5.74, 6) is -3.75. The lowest BCUT2D eigenvalue weighted by molar-refractivity contribution is -0.116. The summed E-state index contributed by atoms with van der Waals surface area (Å²) < 4.78 is 40.4. The fourth-order valence-corrected chi connectivity index (χ4v) is 2.87. The van der Waals surface area contributed by atoms with Crippen LogP contribution in [0.2, 0.25) is 0 Å². The van der Waals surface area contributed by atoms with Crippen LogP contribution in [-0.2, 0) is 11.3 Å². The highest BCUT2D eigenvalue weighted by atomic mass is 32.2. The maximum atomic E-state index is 13.6. The molecule has 0 aliphatic carbocycles. The standard InChI is InChI=1S/C16H12F3N3OS/c17-10-5-1-2-6-11(10)20-14(23)9-22-13-8-4-3-7-12(13)21-16(22)24-15(18)19/h1-8,15H,9H2,(H,20,23). The van der Waals surface area contributed by atoms with Crippen molar-refractivity contribution in [2.45, 2.75) is 17.5 Å². The molecule has 0 atom stereocenters. The second-order valence-corrected chi connectivity index (χ2v) is 5.83. The number of carbonyl (C=O) groups excluding carboxylic acids is 1. The van der Waals surface area contributed by atoms with E-state index in [2.05, 4.69) is 10.3 Å². The third-order valence-electron chi connectivity index (χ3n) is 3.26. The molecule has 1 aromatic heterocycles. The number of rotatable bonds is 5. The number of hydrogen-bond acceptors (Lipinski definition) is 3. The van der Waals surface area contributed by atoms with E-state index in [-0.39, 0.29) is 29.2 Å². The van der Waals surface area contributed by atoms with Gasteiger partial charge < -0.3 is 9.88 Å². The van der Waals surface area contributed by atoms with E-state index in [4.69, 9.17) is 0 Å². The first kappa shape index (κ1) is 16.4. The van der Waals surface area contributed by atoms with E-state index in [9.17, 15) is 18.0 Å². The summed E-state index contributed by atoms with van der Waals surface area (Å²) in [5, 5.41) is 2.47. The molecule has 1 amide bonds. The molecular formula is C16H12F3N3OS. The van der Waals surface area contributed by atoms with Crippen LogP contribution >= 0.6 is 11.8 Å². The Morgan fingerprint density at radius 3 is 2.62 bits per heavy atom. The summed E-state index contributed by atoms with van der Waals surface area (Å²) >= 11 is 0.267. The van der Waals surface area contributed by atoms with Crippen molar-refractivity contribution in [2.75, 3.05) is 5.32 Å². The van der Waals surface area contributed by atoms with Gasteiger partial charge in [-0.1, -0.05) is 24.3 Å². The molecule has 1 heterocycles. The van der Waals surface area contributed by atoms with Gasteiger partial charge in [0.1, 0.15) is 12.4 Å². The predicted molar refractivity (Wildman–Crippen MR) is 86.6 cm³/mol. The Balaban J connectivity index is 1.88. The van der Waals surface area contributed by atoms with Crippen molar-refractivity contribution in [1.29, 1.82) is 0 Å². The van der Waals surface area contributed by atoms with Gasteiger partial charge in [-0.2, -0.15) is 8.78 Å². The SMILES string of the molecule is O=C(Cn1c(SC(F)F)nc2ccccc21)Nc1ccccc1F. The summed E-state index contributed by atoms with van der Waals surface area (Å²) in [5.41, 5.74) is 1.11. The zero-order valence-electron chi connectivity index (χ0n) is 12.2. The van der Waals surface area contributed by atoms with Crippen LogP contribution in [0.4, 0.5) is 18.9 Å². The Morgan fingerprint density at radius 1 is 1.17 bits per heavy atom. The highest BCUT2D eigenvalue weighted by Gasteiger charge is 2.18. The number of benzene rings is 2. The quantitative estimate of drug-likeness (QED) is 0.703. The second kappa shape index (κ2) is 6.96. The highest BCUT2D eigenvalue weighted by molar-refractivity contribution is 7.99. The molecule has 0 fully saturated rings. The van der Waals surface area contributed by atoms with Gasteiger partial charge in [0.15, 0.2) is 5.16 Å². The molecule has 0 radical (unpaired) electrons. The van der Waals surface area contributed by atoms with Gasteiger partial charge in [0.2, 0.25) is 5.91 Å². The average molecular weight is 351 g/mol. The normalized spacial score (nSPS) is 11.2. The van der Waals surface area contributed by atoms with Gasteiger partial charge in [-0.25, -0.2) is 9.37 Å². The highest BCUT2D eigenvalue weighted by Crippen LogP contribution is 2.28. The molecule has 1 N–H and O–H groups in total. The van der Waals surface area contributed by atoms with Crippen molar-refractivity contribution >= 4 is 34.4 Å². The number of alkyl halides is 2. The molecule has 0 bridgehead atoms. The minimum atomic E-state index is -2.66. The zero-order valence-corrected chi connectivity index (χ0v) is 13.1. The molecule has 0 aliphatic heterocycles. The van der Waals surface area contributed by atoms with E-state index in [1.54, 1.807) is 30.3 Å². The molecule has 4 nitrogen and oxygen atoms in total. The molecular weight excluding hydrogens is 339 g/mol. The van der Waals surface area contributed by atoms with Gasteiger partial charge in [0.25, 0.3) is 5.76 Å². The molecule has 0 saturated carbocycles. The minimum Gasteiger partial charge on any atom is -0.322 e. The van der Waals surface area contributed by atoms with Crippen molar-refractivity contribution in [3.63, 3.8) is 0 Å². The van der Waals surface area contributed by atoms with Crippen molar-refractivity contribution in [3.8, 4) is 0 Å². The number of halogens is 3. The molecule has 3 rings (SSSR count). The number of amides is 1. The lowest BCUT2D eigenvalue weighted by Gasteiger charge is -2.10. The molecule has 0 unspecified atom stereocenters. The molecule has 8 heteroatoms. The maximum absolute atomic E-state index is 13.6. The summed E-state index contributed by atoms with van der Waals surface area (Å²) in [6.07, 6.45) is 0. The Hall–Kier alpha value is -2.48. The smallest absolute Gasteiger partial charge is 0.291 e. The van der Waals surface area contributed by atoms with E-state index < -0.39 is 17.5 Å². The number of carbonyl (C=O) groups is 1. The summed E-state index contributed by atoms with van der Waals surface area (Å²) in [7, 11) is 0. The number of aromatic nitrogens is 2. The van der Waals surface area contributed by atoms with E-state index in [1.807, 2.05) is 0 Å². The first-order valence-corrected chi connectivity index (χ1v) is 7.87. The summed E-state index contributed by atoms with van der Waals surface area (Å²) in [6, 6.07) is 12.6. The fraction of sp³-hybridized carbons (Fsp3) is 0.125. The van der Waals surface area contributed by atoms with Crippen molar-refractivity contribution < 1.29 is 18.0 Å². The third-order valence-corrected chi connectivity index (χ3v) is 3.96. The van der Waals surface area contributed by atoms with Crippen LogP contribution in [0.1, 0.15) is 0 Å². The minimum absolute atomic E-state index is 0.0369. The number of anilines is 1. The lowest BCUT2D eigenvalue weighted by atomic mass is 10.3. The largest absolute Gasteiger partial charge is 0.322 e. The van der Waals surface area contributed by atoms with Crippen LogP contribution < -0.4 is 5.32 Å². The van der Waals surface area contributed by atoms with Gasteiger partial charge >= 0.3 is 0 Å². The monoisotopic (exact) mass is 351 g/mol. The third kappa shape index (κ3) is 3.53. The number of nitrogens with one attached hydrogen (secondary N) is 1. The number of thioether (sulfide) groups is 1. The van der Waals surface area contributed by atoms with Gasteiger partial charge in [-0.05, 0) is 36.0 Å². The molecule has 124 valence electrons. The Kier molecular flexibility index (Phi) is 4.75. The van der Waals surface area contributed by atoms with Gasteiger partial charge in [0.05, 0.1) is 16.7 Å². The van der Waals surface area contributed by atoms with Gasteiger partial charge in [-0.3, -0.25) is 4.79 Å². The zero-order chi connectivity index (χ0) is 17.1. The van der Waals surface area contributed by atoms with Crippen LogP contribution in [0, 0.1) is 5.82 Å². The Morgan fingerprint density at radius 2 is 1.88 bits per heavy atom. The first-order chi connectivity index (χ1) is 11.5. The van der Waals surface area contributed by atoms with Gasteiger partial charge in [0, 0.05) is 0 Å². The van der Waals surface area contributed by atoms with Crippen molar-refractivity contribution in [2.24, 2.45) is 0 Å². The number of hydrogen-bond donors (Lipinski definition) is 1. The molecule has 2 aromatic carbocycles. The van der Waals surface area contributed by atoms with Crippen molar-refractivity contribution in [3.05, 3.63) is 54.3 Å². The Bertz CT molecular complexity index is 882. The molecule has 0 spiro atoms. The van der Waals surface area contributed by atoms with Crippen LogP contribution in [-0.4, -0.2) is 21.2 Å². The van der Waals surface area contributed by atoms with Gasteiger partial charge in [-0.15, -0.1) is 0 Å². The summed E-state index contributed by atoms with van der Waals surface area (Å²) in [6.45, 7) is -0.246. The lowest BCUT2D eigenvalue weighted by Crippen LogP contribution is -2.20. The predicted octanol–water partition coefficient (Wildman–Crippen LogP) is 4.13. The van der Waals surface area contributed by atoms with Crippen LogP contribution in [0.5, 0.6) is 0 Å². The topological polar surface area (TPSA) is 46.9 Å².